The van der Waals surface area contributed by atoms with Gasteiger partial charge in [-0.2, -0.15) is 8.78 Å². The Balaban J connectivity index is 1.83. The van der Waals surface area contributed by atoms with Crippen molar-refractivity contribution < 1.29 is 13.2 Å². The molecule has 0 N–H and O–H groups in total. The van der Waals surface area contributed by atoms with Crippen molar-refractivity contribution in [1.82, 2.24) is 9.97 Å². The molecule has 1 aliphatic carbocycles. The Hall–Kier alpha value is -1.82. The van der Waals surface area contributed by atoms with Gasteiger partial charge in [0, 0.05) is 30.6 Å². The normalized spacial score (nSPS) is 18.4. The molecule has 1 saturated carbocycles. The minimum absolute atomic E-state index is 0.00210. The van der Waals surface area contributed by atoms with Crippen LogP contribution in [-0.2, 0) is 11.3 Å². The Bertz CT molecular complexity index is 800. The highest BCUT2D eigenvalue weighted by Crippen LogP contribution is 2.58. The molecule has 2 aromatic rings. The lowest BCUT2D eigenvalue weighted by atomic mass is 10.0. The van der Waals surface area contributed by atoms with Crippen LogP contribution < -0.4 is 4.90 Å². The summed E-state index contributed by atoms with van der Waals surface area (Å²) in [6.45, 7) is 1.26. The van der Waals surface area contributed by atoms with Crippen molar-refractivity contribution in [2.24, 2.45) is 0 Å². The summed E-state index contributed by atoms with van der Waals surface area (Å²) in [7, 11) is 0. The third-order valence-corrected chi connectivity index (χ3v) is 4.76. The van der Waals surface area contributed by atoms with E-state index in [4.69, 9.17) is 11.6 Å². The van der Waals surface area contributed by atoms with Crippen LogP contribution in [0, 0.1) is 5.82 Å². The second-order valence-electron chi connectivity index (χ2n) is 6.28. The molecule has 1 aliphatic heterocycles. The van der Waals surface area contributed by atoms with Crippen molar-refractivity contribution in [1.29, 1.82) is 0 Å². The molecule has 0 atom stereocenters. The highest BCUT2D eigenvalue weighted by atomic mass is 35.5. The number of nitrogens with zero attached hydrogens (tertiary/aromatic N) is 3. The summed E-state index contributed by atoms with van der Waals surface area (Å²) in [4.78, 5) is 9.83. The third kappa shape index (κ3) is 2.27. The van der Waals surface area contributed by atoms with Crippen LogP contribution in [0.3, 0.4) is 0 Å². The number of fused-ring (bicyclic) bond motifs is 2. The second kappa shape index (κ2) is 4.60. The van der Waals surface area contributed by atoms with E-state index in [0.717, 1.165) is 30.2 Å². The quantitative estimate of drug-likeness (QED) is 0.751. The fourth-order valence-corrected chi connectivity index (χ4v) is 3.35. The SMILES string of the molecule is CC(F)(F)c1nc(N2CC3(CC3)c3cnc(Cl)cc32)ccc1F. The molecule has 2 aliphatic rings. The number of rotatable bonds is 2. The highest BCUT2D eigenvalue weighted by molar-refractivity contribution is 6.29. The number of hydrogen-bond donors (Lipinski definition) is 0. The Kier molecular flexibility index (Phi) is 2.95. The van der Waals surface area contributed by atoms with Gasteiger partial charge in [-0.3, -0.25) is 0 Å². The zero-order valence-corrected chi connectivity index (χ0v) is 13.0. The monoisotopic (exact) mass is 339 g/mol. The highest BCUT2D eigenvalue weighted by Gasteiger charge is 2.52. The molecule has 0 unspecified atom stereocenters. The molecule has 2 aromatic heterocycles. The summed E-state index contributed by atoms with van der Waals surface area (Å²) < 4.78 is 40.8. The Morgan fingerprint density at radius 1 is 1.30 bits per heavy atom. The number of aromatic nitrogens is 2. The molecule has 0 radical (unpaired) electrons. The van der Waals surface area contributed by atoms with Gasteiger partial charge in [-0.25, -0.2) is 14.4 Å². The third-order valence-electron chi connectivity index (χ3n) is 4.55. The van der Waals surface area contributed by atoms with Gasteiger partial charge in [-0.15, -0.1) is 0 Å². The van der Waals surface area contributed by atoms with Crippen LogP contribution in [0.15, 0.2) is 24.4 Å². The molecular formula is C16H13ClF3N3. The van der Waals surface area contributed by atoms with E-state index in [9.17, 15) is 13.2 Å². The van der Waals surface area contributed by atoms with Crippen molar-refractivity contribution in [2.75, 3.05) is 11.4 Å². The zero-order chi connectivity index (χ0) is 16.4. The van der Waals surface area contributed by atoms with E-state index in [-0.39, 0.29) is 5.41 Å². The average Bonchev–Trinajstić information content (AvgIpc) is 3.17. The van der Waals surface area contributed by atoms with Crippen LogP contribution >= 0.6 is 11.6 Å². The van der Waals surface area contributed by atoms with Crippen LogP contribution in [0.2, 0.25) is 5.15 Å². The first-order chi connectivity index (χ1) is 10.8. The Morgan fingerprint density at radius 2 is 2.04 bits per heavy atom. The van der Waals surface area contributed by atoms with Crippen LogP contribution in [-0.4, -0.2) is 16.5 Å². The van der Waals surface area contributed by atoms with Gasteiger partial charge < -0.3 is 4.90 Å². The molecule has 0 amide bonds. The van der Waals surface area contributed by atoms with E-state index in [1.54, 1.807) is 12.3 Å². The summed E-state index contributed by atoms with van der Waals surface area (Å²) in [5.74, 6) is -4.04. The number of alkyl halides is 2. The molecule has 4 rings (SSSR count). The molecule has 0 aromatic carbocycles. The summed E-state index contributed by atoms with van der Waals surface area (Å²) >= 11 is 5.98. The van der Waals surface area contributed by atoms with E-state index in [1.807, 2.05) is 4.90 Å². The van der Waals surface area contributed by atoms with Gasteiger partial charge in [-0.1, -0.05) is 11.6 Å². The summed E-state index contributed by atoms with van der Waals surface area (Å²) in [5, 5.41) is 0.328. The molecule has 3 heterocycles. The molecular weight excluding hydrogens is 327 g/mol. The standard InChI is InChI=1S/C16H13ClF3N3/c1-15(19,20)14-10(18)2-3-13(22-14)23-8-16(4-5-16)9-7-21-12(17)6-11(9)23/h2-3,6-7H,4-5,8H2,1H3. The van der Waals surface area contributed by atoms with E-state index in [1.165, 1.54) is 6.07 Å². The van der Waals surface area contributed by atoms with Gasteiger partial charge in [0.15, 0.2) is 5.82 Å². The number of anilines is 2. The van der Waals surface area contributed by atoms with Gasteiger partial charge in [0.1, 0.15) is 16.7 Å². The predicted molar refractivity (Wildman–Crippen MR) is 80.9 cm³/mol. The van der Waals surface area contributed by atoms with Crippen molar-refractivity contribution in [3.05, 3.63) is 46.6 Å². The lowest BCUT2D eigenvalue weighted by Crippen LogP contribution is -2.22. The molecule has 0 bridgehead atoms. The maximum atomic E-state index is 13.7. The maximum absolute atomic E-state index is 13.7. The molecule has 1 fully saturated rings. The van der Waals surface area contributed by atoms with Crippen LogP contribution in [0.5, 0.6) is 0 Å². The Labute approximate surface area is 136 Å². The first-order valence-corrected chi connectivity index (χ1v) is 7.66. The molecule has 0 saturated heterocycles. The molecule has 120 valence electrons. The number of halogens is 4. The fraction of sp³-hybridized carbons (Fsp3) is 0.375. The van der Waals surface area contributed by atoms with Crippen molar-refractivity contribution in [2.45, 2.75) is 31.1 Å². The van der Waals surface area contributed by atoms with Gasteiger partial charge in [-0.05, 0) is 31.0 Å². The summed E-state index contributed by atoms with van der Waals surface area (Å²) in [6, 6.07) is 4.16. The average molecular weight is 340 g/mol. The largest absolute Gasteiger partial charge is 0.325 e. The minimum atomic E-state index is -3.34. The van der Waals surface area contributed by atoms with Gasteiger partial charge in [0.05, 0.1) is 5.69 Å². The van der Waals surface area contributed by atoms with E-state index in [2.05, 4.69) is 9.97 Å². The second-order valence-corrected chi connectivity index (χ2v) is 6.67. The first kappa shape index (κ1) is 14.8. The van der Waals surface area contributed by atoms with E-state index < -0.39 is 17.4 Å². The van der Waals surface area contributed by atoms with Crippen molar-refractivity contribution >= 4 is 23.1 Å². The van der Waals surface area contributed by atoms with Gasteiger partial charge in [0.2, 0.25) is 0 Å². The van der Waals surface area contributed by atoms with Gasteiger partial charge in [0.25, 0.3) is 5.92 Å². The summed E-state index contributed by atoms with van der Waals surface area (Å²) in [5.41, 5.74) is 1.02. The van der Waals surface area contributed by atoms with Crippen LogP contribution in [0.25, 0.3) is 0 Å². The van der Waals surface area contributed by atoms with Gasteiger partial charge >= 0.3 is 0 Å². The van der Waals surface area contributed by atoms with E-state index in [0.29, 0.717) is 24.4 Å². The lowest BCUT2D eigenvalue weighted by Gasteiger charge is -2.21. The molecule has 1 spiro atoms. The molecule has 7 heteroatoms. The number of pyridine rings is 2. The zero-order valence-electron chi connectivity index (χ0n) is 12.3. The lowest BCUT2D eigenvalue weighted by molar-refractivity contribution is 0.00888. The predicted octanol–water partition coefficient (Wildman–Crippen LogP) is 4.56. The van der Waals surface area contributed by atoms with Crippen LogP contribution in [0.4, 0.5) is 24.7 Å². The van der Waals surface area contributed by atoms with Crippen LogP contribution in [0.1, 0.15) is 31.0 Å². The van der Waals surface area contributed by atoms with Crippen molar-refractivity contribution in [3.8, 4) is 0 Å². The topological polar surface area (TPSA) is 29.0 Å². The minimum Gasteiger partial charge on any atom is -0.325 e. The first-order valence-electron chi connectivity index (χ1n) is 7.29. The summed E-state index contributed by atoms with van der Waals surface area (Å²) in [6.07, 6.45) is 3.76. The smallest absolute Gasteiger partial charge is 0.289 e. The fourth-order valence-electron chi connectivity index (χ4n) is 3.20. The maximum Gasteiger partial charge on any atom is 0.289 e. The molecule has 3 nitrogen and oxygen atoms in total. The van der Waals surface area contributed by atoms with E-state index >= 15 is 0 Å². The number of hydrogen-bond acceptors (Lipinski definition) is 3. The van der Waals surface area contributed by atoms with Crippen molar-refractivity contribution in [3.63, 3.8) is 0 Å². The Morgan fingerprint density at radius 3 is 2.70 bits per heavy atom. The molecule has 23 heavy (non-hydrogen) atoms.